The molecule has 7 nitrogen and oxygen atoms in total. The number of rotatable bonds is 9. The molecule has 0 bridgehead atoms. The van der Waals surface area contributed by atoms with Gasteiger partial charge in [0, 0.05) is 5.92 Å². The lowest BCUT2D eigenvalue weighted by Crippen LogP contribution is -2.35. The van der Waals surface area contributed by atoms with Gasteiger partial charge in [-0.3, -0.25) is 4.79 Å². The molecule has 0 spiro atoms. The van der Waals surface area contributed by atoms with Gasteiger partial charge in [-0.2, -0.15) is 0 Å². The van der Waals surface area contributed by atoms with E-state index in [1.165, 1.54) is 0 Å². The van der Waals surface area contributed by atoms with Gasteiger partial charge in [0.1, 0.15) is 6.04 Å². The van der Waals surface area contributed by atoms with Crippen LogP contribution in [-0.4, -0.2) is 40.4 Å². The zero-order valence-corrected chi connectivity index (χ0v) is 14.1. The molecule has 2 heterocycles. The molecule has 2 atom stereocenters. The molecule has 5 N–H and O–H groups in total. The molecule has 130 valence electrons. The van der Waals surface area contributed by atoms with E-state index in [9.17, 15) is 4.79 Å². The van der Waals surface area contributed by atoms with E-state index < -0.39 is 0 Å². The molecular formula is C16H30N6O. The summed E-state index contributed by atoms with van der Waals surface area (Å²) in [5, 5.41) is 11.7. The third-order valence-corrected chi connectivity index (χ3v) is 4.67. The zero-order chi connectivity index (χ0) is 16.7. The zero-order valence-electron chi connectivity index (χ0n) is 14.1. The summed E-state index contributed by atoms with van der Waals surface area (Å²) in [4.78, 5) is 13.0. The highest BCUT2D eigenvalue weighted by Crippen LogP contribution is 2.25. The number of piperidine rings is 1. The summed E-state index contributed by atoms with van der Waals surface area (Å²) in [5.74, 6) is 0.400. The van der Waals surface area contributed by atoms with E-state index in [0.29, 0.717) is 6.54 Å². The second kappa shape index (κ2) is 9.10. The Hall–Kier alpha value is -1.31. The highest BCUT2D eigenvalue weighted by molar-refractivity contribution is 5.85. The van der Waals surface area contributed by atoms with Gasteiger partial charge in [0.15, 0.2) is 5.78 Å². The fourth-order valence-electron chi connectivity index (χ4n) is 3.09. The lowest BCUT2D eigenvalue weighted by molar-refractivity contribution is -0.127. The van der Waals surface area contributed by atoms with Gasteiger partial charge in [-0.1, -0.05) is 12.1 Å². The van der Waals surface area contributed by atoms with E-state index in [4.69, 9.17) is 11.5 Å². The SMILES string of the molecule is CC[C@H](N)c1cn([C@@H](CCCCN)C(=O)C2CCNCC2)nn1. The van der Waals surface area contributed by atoms with Gasteiger partial charge in [0.2, 0.25) is 0 Å². The van der Waals surface area contributed by atoms with Crippen LogP contribution in [0.15, 0.2) is 6.20 Å². The van der Waals surface area contributed by atoms with E-state index in [0.717, 1.165) is 57.3 Å². The Morgan fingerprint density at radius 3 is 2.83 bits per heavy atom. The monoisotopic (exact) mass is 322 g/mol. The summed E-state index contributed by atoms with van der Waals surface area (Å²) < 4.78 is 1.73. The van der Waals surface area contributed by atoms with Gasteiger partial charge in [-0.15, -0.1) is 5.10 Å². The van der Waals surface area contributed by atoms with E-state index in [1.54, 1.807) is 4.68 Å². The quantitative estimate of drug-likeness (QED) is 0.583. The molecule has 1 saturated heterocycles. The van der Waals surface area contributed by atoms with Crippen LogP contribution >= 0.6 is 0 Å². The van der Waals surface area contributed by atoms with Crippen molar-refractivity contribution in [2.75, 3.05) is 19.6 Å². The molecule has 0 radical (unpaired) electrons. The number of carbonyl (C=O) groups excluding carboxylic acids is 1. The van der Waals surface area contributed by atoms with Crippen molar-refractivity contribution in [2.24, 2.45) is 17.4 Å². The second-order valence-electron chi connectivity index (χ2n) is 6.37. The summed E-state index contributed by atoms with van der Waals surface area (Å²) in [7, 11) is 0. The van der Waals surface area contributed by atoms with Gasteiger partial charge in [0.25, 0.3) is 0 Å². The molecule has 0 unspecified atom stereocenters. The number of nitrogens with zero attached hydrogens (tertiary/aromatic N) is 3. The van der Waals surface area contributed by atoms with Crippen LogP contribution in [0.3, 0.4) is 0 Å². The molecule has 2 rings (SSSR count). The number of Topliss-reactive ketones (excluding diaryl/α,β-unsaturated/α-hetero) is 1. The van der Waals surface area contributed by atoms with Gasteiger partial charge in [0.05, 0.1) is 17.9 Å². The Balaban J connectivity index is 2.12. The first-order valence-electron chi connectivity index (χ1n) is 8.79. The van der Waals surface area contributed by atoms with Gasteiger partial charge < -0.3 is 16.8 Å². The van der Waals surface area contributed by atoms with Crippen molar-refractivity contribution in [3.05, 3.63) is 11.9 Å². The minimum atomic E-state index is -0.241. The van der Waals surface area contributed by atoms with Gasteiger partial charge in [-0.25, -0.2) is 4.68 Å². The summed E-state index contributed by atoms with van der Waals surface area (Å²) in [6, 6.07) is -0.364. The number of unbranched alkanes of at least 4 members (excludes halogenated alkanes) is 1. The average molecular weight is 322 g/mol. The van der Waals surface area contributed by atoms with Crippen LogP contribution in [0.4, 0.5) is 0 Å². The number of carbonyl (C=O) groups is 1. The fraction of sp³-hybridized carbons (Fsp3) is 0.812. The highest BCUT2D eigenvalue weighted by atomic mass is 16.1. The molecule has 1 aromatic heterocycles. The van der Waals surface area contributed by atoms with Crippen LogP contribution in [0, 0.1) is 5.92 Å². The summed E-state index contributed by atoms with van der Waals surface area (Å²) >= 11 is 0. The summed E-state index contributed by atoms with van der Waals surface area (Å²) in [5.41, 5.74) is 12.4. The first-order chi connectivity index (χ1) is 11.2. The van der Waals surface area contributed by atoms with Crippen LogP contribution in [0.2, 0.25) is 0 Å². The van der Waals surface area contributed by atoms with E-state index in [-0.39, 0.29) is 23.8 Å². The van der Waals surface area contributed by atoms with E-state index in [2.05, 4.69) is 15.6 Å². The molecular weight excluding hydrogens is 292 g/mol. The minimum Gasteiger partial charge on any atom is -0.330 e. The third kappa shape index (κ3) is 4.83. The highest BCUT2D eigenvalue weighted by Gasteiger charge is 2.30. The Morgan fingerprint density at radius 1 is 1.43 bits per heavy atom. The second-order valence-corrected chi connectivity index (χ2v) is 6.37. The van der Waals surface area contributed by atoms with Crippen LogP contribution in [0.25, 0.3) is 0 Å². The molecule has 0 saturated carbocycles. The molecule has 1 aromatic rings. The first-order valence-corrected chi connectivity index (χ1v) is 8.79. The maximum Gasteiger partial charge on any atom is 0.160 e. The van der Waals surface area contributed by atoms with Crippen LogP contribution in [0.5, 0.6) is 0 Å². The molecule has 1 aliphatic heterocycles. The number of aromatic nitrogens is 3. The Kier molecular flexibility index (Phi) is 7.14. The third-order valence-electron chi connectivity index (χ3n) is 4.67. The number of hydrogen-bond acceptors (Lipinski definition) is 6. The summed E-state index contributed by atoms with van der Waals surface area (Å²) in [6.07, 6.45) is 7.08. The average Bonchev–Trinajstić information content (AvgIpc) is 3.08. The van der Waals surface area contributed by atoms with Crippen LogP contribution in [0.1, 0.15) is 63.2 Å². The Bertz CT molecular complexity index is 483. The van der Waals surface area contributed by atoms with Gasteiger partial charge in [-0.05, 0) is 58.2 Å². The van der Waals surface area contributed by atoms with Crippen molar-refractivity contribution >= 4 is 5.78 Å². The van der Waals surface area contributed by atoms with Crippen molar-refractivity contribution in [3.8, 4) is 0 Å². The molecule has 1 aliphatic rings. The normalized spacial score (nSPS) is 18.7. The predicted octanol–water partition coefficient (Wildman–Crippen LogP) is 0.927. The molecule has 0 amide bonds. The Morgan fingerprint density at radius 2 is 2.17 bits per heavy atom. The fourth-order valence-corrected chi connectivity index (χ4v) is 3.09. The maximum atomic E-state index is 13.0. The van der Waals surface area contributed by atoms with Crippen LogP contribution < -0.4 is 16.8 Å². The van der Waals surface area contributed by atoms with Crippen molar-refractivity contribution in [1.29, 1.82) is 0 Å². The van der Waals surface area contributed by atoms with Crippen molar-refractivity contribution in [1.82, 2.24) is 20.3 Å². The van der Waals surface area contributed by atoms with Crippen molar-refractivity contribution in [3.63, 3.8) is 0 Å². The minimum absolute atomic E-state index is 0.117. The van der Waals surface area contributed by atoms with Crippen LogP contribution in [-0.2, 0) is 4.79 Å². The van der Waals surface area contributed by atoms with Crippen molar-refractivity contribution in [2.45, 2.75) is 57.5 Å². The molecule has 0 aliphatic carbocycles. The molecule has 1 fully saturated rings. The number of hydrogen-bond donors (Lipinski definition) is 3. The molecule has 23 heavy (non-hydrogen) atoms. The topological polar surface area (TPSA) is 112 Å². The van der Waals surface area contributed by atoms with Gasteiger partial charge >= 0.3 is 0 Å². The number of ketones is 1. The summed E-state index contributed by atoms with van der Waals surface area (Å²) in [6.45, 7) is 4.49. The largest absolute Gasteiger partial charge is 0.330 e. The lowest BCUT2D eigenvalue weighted by Gasteiger charge is -2.26. The Labute approximate surface area is 138 Å². The molecule has 7 heteroatoms. The standard InChI is InChI=1S/C16H30N6O/c1-2-13(18)14-11-22(21-20-14)15(5-3-4-8-17)16(23)12-6-9-19-10-7-12/h11-13,15,19H,2-10,17-18H2,1H3/t13-,15-/m0/s1. The lowest BCUT2D eigenvalue weighted by atomic mass is 9.88. The molecule has 0 aromatic carbocycles. The first kappa shape index (κ1) is 18.0. The van der Waals surface area contributed by atoms with Crippen molar-refractivity contribution < 1.29 is 4.79 Å². The maximum absolute atomic E-state index is 13.0. The van der Waals surface area contributed by atoms with E-state index in [1.807, 2.05) is 13.1 Å². The number of nitrogens with one attached hydrogen (secondary N) is 1. The predicted molar refractivity (Wildman–Crippen MR) is 89.8 cm³/mol. The number of nitrogens with two attached hydrogens (primary N) is 2. The van der Waals surface area contributed by atoms with E-state index >= 15 is 0 Å². The smallest absolute Gasteiger partial charge is 0.160 e.